The van der Waals surface area contributed by atoms with Crippen molar-refractivity contribution in [3.63, 3.8) is 0 Å². The summed E-state index contributed by atoms with van der Waals surface area (Å²) >= 11 is 6.54. The van der Waals surface area contributed by atoms with Crippen molar-refractivity contribution in [3.8, 4) is 22.8 Å². The monoisotopic (exact) mass is 446 g/mol. The van der Waals surface area contributed by atoms with Gasteiger partial charge in [0.25, 0.3) is 5.56 Å². The predicted octanol–water partition coefficient (Wildman–Crippen LogP) is 3.26. The molecule has 0 saturated heterocycles. The van der Waals surface area contributed by atoms with Crippen LogP contribution < -0.4 is 19.5 Å². The molecule has 0 aliphatic carbocycles. The summed E-state index contributed by atoms with van der Waals surface area (Å²) in [6, 6.07) is 14.9. The van der Waals surface area contributed by atoms with Crippen molar-refractivity contribution in [3.05, 3.63) is 81.5 Å². The van der Waals surface area contributed by atoms with Crippen LogP contribution in [0.3, 0.4) is 0 Å². The molecule has 0 fully saturated rings. The predicted molar refractivity (Wildman–Crippen MR) is 118 cm³/mol. The van der Waals surface area contributed by atoms with Gasteiger partial charge >= 0.3 is 5.78 Å². The highest BCUT2D eigenvalue weighted by molar-refractivity contribution is 6.33. The van der Waals surface area contributed by atoms with Crippen LogP contribution in [0.25, 0.3) is 27.9 Å². The number of fused-ring (bicyclic) bond motifs is 3. The first kappa shape index (κ1) is 18.8. The average molecular weight is 447 g/mol. The molecule has 9 heteroatoms. The van der Waals surface area contributed by atoms with Crippen LogP contribution in [-0.2, 0) is 6.54 Å². The fourth-order valence-electron chi connectivity index (χ4n) is 4.10. The first-order chi connectivity index (χ1) is 15.6. The van der Waals surface area contributed by atoms with E-state index in [1.807, 2.05) is 49.4 Å². The maximum absolute atomic E-state index is 13.7. The Morgan fingerprint density at radius 1 is 1.12 bits per heavy atom. The molecule has 1 aliphatic heterocycles. The zero-order chi connectivity index (χ0) is 21.8. The third-order valence-corrected chi connectivity index (χ3v) is 5.84. The minimum atomic E-state index is -0.192. The molecule has 2 aromatic carbocycles. The number of para-hydroxylation sites is 1. The van der Waals surface area contributed by atoms with Crippen LogP contribution >= 0.6 is 11.6 Å². The van der Waals surface area contributed by atoms with Crippen LogP contribution in [0.2, 0.25) is 5.02 Å². The second-order valence-electron chi connectivity index (χ2n) is 7.54. The lowest BCUT2D eigenvalue weighted by Crippen LogP contribution is -2.32. The highest BCUT2D eigenvalue weighted by atomic mass is 35.5. The molecule has 1 N–H and O–H groups in total. The van der Waals surface area contributed by atoms with Crippen molar-refractivity contribution in [1.82, 2.24) is 19.6 Å². The van der Waals surface area contributed by atoms with Gasteiger partial charge in [-0.05, 0) is 24.3 Å². The molecular weight excluding hydrogens is 430 g/mol. The first-order valence-corrected chi connectivity index (χ1v) is 10.4. The number of aromatic amines is 1. The standard InChI is InChI=1S/C23H16ClN5O3/c1-13-25-23-26-17-9-10-28(11-14-5-4-8-18-21(14)32-12-31-18)22(30)19(17)20(29(23)27-13)15-6-2-3-7-16(15)24/h2-10H,11-12H2,1H3/p+1. The molecule has 0 bridgehead atoms. The first-order valence-electron chi connectivity index (χ1n) is 10.0. The van der Waals surface area contributed by atoms with Gasteiger partial charge in [-0.3, -0.25) is 4.79 Å². The number of hydrogen-bond donors (Lipinski definition) is 1. The summed E-state index contributed by atoms with van der Waals surface area (Å²) in [7, 11) is 0. The molecule has 4 heterocycles. The number of pyridine rings is 1. The summed E-state index contributed by atoms with van der Waals surface area (Å²) < 4.78 is 14.4. The molecule has 32 heavy (non-hydrogen) atoms. The molecule has 0 radical (unpaired) electrons. The Bertz CT molecular complexity index is 1590. The van der Waals surface area contributed by atoms with E-state index in [2.05, 4.69) is 15.1 Å². The third kappa shape index (κ3) is 2.84. The van der Waals surface area contributed by atoms with Gasteiger partial charge in [0.2, 0.25) is 12.6 Å². The summed E-state index contributed by atoms with van der Waals surface area (Å²) in [6.45, 7) is 2.34. The Morgan fingerprint density at radius 3 is 2.88 bits per heavy atom. The minimum Gasteiger partial charge on any atom is -0.454 e. The van der Waals surface area contributed by atoms with Crippen LogP contribution in [0.1, 0.15) is 11.4 Å². The van der Waals surface area contributed by atoms with Gasteiger partial charge in [-0.1, -0.05) is 45.8 Å². The maximum Gasteiger partial charge on any atom is 0.458 e. The number of rotatable bonds is 3. The number of benzene rings is 2. The summed E-state index contributed by atoms with van der Waals surface area (Å²) in [5.41, 5.74) is 2.55. The van der Waals surface area contributed by atoms with Gasteiger partial charge < -0.3 is 14.0 Å². The number of aromatic nitrogens is 5. The van der Waals surface area contributed by atoms with Gasteiger partial charge in [-0.25, -0.2) is 5.10 Å². The third-order valence-electron chi connectivity index (χ3n) is 5.51. The normalized spacial score (nSPS) is 12.7. The van der Waals surface area contributed by atoms with E-state index in [1.54, 1.807) is 21.3 Å². The van der Waals surface area contributed by atoms with E-state index >= 15 is 0 Å². The molecule has 5 aromatic rings. The fraction of sp³-hybridized carbons (Fsp3) is 0.130. The van der Waals surface area contributed by atoms with Crippen LogP contribution in [0, 0.1) is 6.92 Å². The molecule has 6 rings (SSSR count). The van der Waals surface area contributed by atoms with Crippen molar-refractivity contribution in [2.75, 3.05) is 6.79 Å². The van der Waals surface area contributed by atoms with Crippen LogP contribution in [-0.4, -0.2) is 26.4 Å². The van der Waals surface area contributed by atoms with Crippen LogP contribution in [0.15, 0.2) is 59.5 Å². The van der Waals surface area contributed by atoms with Gasteiger partial charge in [0.1, 0.15) is 5.39 Å². The Labute approximate surface area is 186 Å². The van der Waals surface area contributed by atoms with Crippen molar-refractivity contribution >= 4 is 28.3 Å². The highest BCUT2D eigenvalue weighted by Crippen LogP contribution is 2.35. The summed E-state index contributed by atoms with van der Waals surface area (Å²) in [4.78, 5) is 22.8. The lowest BCUT2D eigenvalue weighted by molar-refractivity contribution is -0.567. The highest BCUT2D eigenvalue weighted by Gasteiger charge is 2.26. The van der Waals surface area contributed by atoms with Crippen molar-refractivity contribution in [2.24, 2.45) is 0 Å². The summed E-state index contributed by atoms with van der Waals surface area (Å²) in [6.07, 6.45) is 1.74. The van der Waals surface area contributed by atoms with Gasteiger partial charge in [0.05, 0.1) is 11.6 Å². The van der Waals surface area contributed by atoms with Gasteiger partial charge in [0, 0.05) is 24.2 Å². The van der Waals surface area contributed by atoms with E-state index in [9.17, 15) is 4.79 Å². The minimum absolute atomic E-state index is 0.174. The number of halogens is 1. The molecule has 0 spiro atoms. The number of H-pyrrole nitrogens is 1. The van der Waals surface area contributed by atoms with E-state index in [4.69, 9.17) is 21.1 Å². The molecule has 3 aromatic heterocycles. The summed E-state index contributed by atoms with van der Waals surface area (Å²) in [5.74, 6) is 2.49. The lowest BCUT2D eigenvalue weighted by atomic mass is 10.1. The van der Waals surface area contributed by atoms with E-state index < -0.39 is 0 Å². The summed E-state index contributed by atoms with van der Waals surface area (Å²) in [5, 5.41) is 4.16. The van der Waals surface area contributed by atoms with E-state index in [-0.39, 0.29) is 12.4 Å². The molecule has 8 nitrogen and oxygen atoms in total. The second kappa shape index (κ2) is 7.06. The molecule has 158 valence electrons. The smallest absolute Gasteiger partial charge is 0.454 e. The average Bonchev–Trinajstić information content (AvgIpc) is 3.41. The van der Waals surface area contributed by atoms with Gasteiger partial charge in [0.15, 0.2) is 22.7 Å². The van der Waals surface area contributed by atoms with Crippen LogP contribution in [0.5, 0.6) is 11.5 Å². The quantitative estimate of drug-likeness (QED) is 0.430. The Hall–Kier alpha value is -3.91. The zero-order valence-corrected chi connectivity index (χ0v) is 17.8. The fourth-order valence-corrected chi connectivity index (χ4v) is 4.32. The number of nitrogens with one attached hydrogen (secondary N) is 1. The van der Waals surface area contributed by atoms with E-state index in [0.717, 1.165) is 5.56 Å². The van der Waals surface area contributed by atoms with E-state index in [1.165, 1.54) is 0 Å². The Morgan fingerprint density at radius 2 is 2.00 bits per heavy atom. The number of hydrogen-bond acceptors (Lipinski definition) is 5. The molecule has 1 aliphatic rings. The second-order valence-corrected chi connectivity index (χ2v) is 7.95. The molecule has 0 atom stereocenters. The van der Waals surface area contributed by atoms with Crippen molar-refractivity contribution in [2.45, 2.75) is 13.5 Å². The maximum atomic E-state index is 13.7. The zero-order valence-electron chi connectivity index (χ0n) is 17.0. The molecular formula is C23H17ClN5O3+. The molecule has 0 unspecified atom stereocenters. The van der Waals surface area contributed by atoms with Crippen LogP contribution in [0.4, 0.5) is 0 Å². The largest absolute Gasteiger partial charge is 0.458 e. The lowest BCUT2D eigenvalue weighted by Gasteiger charge is -2.11. The number of aryl methyl sites for hydroxylation is 1. The molecule has 0 saturated carbocycles. The van der Waals surface area contributed by atoms with Gasteiger partial charge in [-0.15, -0.1) is 4.52 Å². The van der Waals surface area contributed by atoms with Crippen molar-refractivity contribution < 1.29 is 14.0 Å². The Kier molecular flexibility index (Phi) is 4.16. The SMILES string of the molecule is Cc1nc2nc3ccn(Cc4cccc5c4OCO5)c(=O)c3c(-c3ccccc3Cl)[n+]2[nH]1. The topological polar surface area (TPSA) is 86.1 Å². The van der Waals surface area contributed by atoms with E-state index in [0.29, 0.717) is 56.8 Å². The number of nitrogens with zero attached hydrogens (tertiary/aromatic N) is 4. The van der Waals surface area contributed by atoms with Crippen molar-refractivity contribution in [1.29, 1.82) is 0 Å². The Balaban J connectivity index is 1.63. The molecule has 0 amide bonds. The number of ether oxygens (including phenoxy) is 2. The van der Waals surface area contributed by atoms with Gasteiger partial charge in [-0.2, -0.15) is 0 Å².